The van der Waals surface area contributed by atoms with Gasteiger partial charge in [-0.3, -0.25) is 14.9 Å². The third-order valence-electron chi connectivity index (χ3n) is 3.13. The first-order chi connectivity index (χ1) is 11.8. The van der Waals surface area contributed by atoms with Crippen molar-refractivity contribution in [2.45, 2.75) is 13.0 Å². The number of esters is 1. The number of halogens is 2. The number of hydrogen-bond donors (Lipinski definition) is 1. The van der Waals surface area contributed by atoms with Crippen molar-refractivity contribution in [3.05, 3.63) is 68.2 Å². The summed E-state index contributed by atoms with van der Waals surface area (Å²) in [6, 6.07) is 9.64. The number of rotatable bonds is 5. The number of carbonyl (C=O) groups is 2. The maximum atomic E-state index is 12.1. The molecular formula is C16H12Cl2N2O5. The minimum Gasteiger partial charge on any atom is -0.449 e. The molecule has 0 spiro atoms. The molecule has 7 nitrogen and oxygen atoms in total. The minimum absolute atomic E-state index is 0.0704. The molecule has 1 unspecified atom stereocenters. The van der Waals surface area contributed by atoms with Gasteiger partial charge in [0, 0.05) is 22.8 Å². The summed E-state index contributed by atoms with van der Waals surface area (Å²) in [5.74, 6) is -1.43. The van der Waals surface area contributed by atoms with Crippen molar-refractivity contribution in [1.29, 1.82) is 0 Å². The molecule has 2 aromatic rings. The molecule has 0 saturated heterocycles. The van der Waals surface area contributed by atoms with Gasteiger partial charge in [-0.05, 0) is 31.2 Å². The lowest BCUT2D eigenvalue weighted by Crippen LogP contribution is -2.30. The first kappa shape index (κ1) is 18.7. The molecule has 0 fully saturated rings. The average molecular weight is 383 g/mol. The molecule has 2 aromatic carbocycles. The van der Waals surface area contributed by atoms with Gasteiger partial charge in [-0.25, -0.2) is 4.79 Å². The molecule has 0 aromatic heterocycles. The van der Waals surface area contributed by atoms with E-state index in [9.17, 15) is 19.7 Å². The SMILES string of the molecule is CC(OC(=O)c1ccc(Cl)cc1Cl)C(=O)Nc1cccc([N+](=O)[O-])c1. The number of carbonyl (C=O) groups excluding carboxylic acids is 2. The van der Waals surface area contributed by atoms with E-state index in [1.165, 1.54) is 49.4 Å². The fraction of sp³-hybridized carbons (Fsp3) is 0.125. The van der Waals surface area contributed by atoms with Gasteiger partial charge >= 0.3 is 5.97 Å². The molecule has 0 saturated carbocycles. The highest BCUT2D eigenvalue weighted by Crippen LogP contribution is 2.22. The zero-order valence-electron chi connectivity index (χ0n) is 12.9. The van der Waals surface area contributed by atoms with E-state index in [4.69, 9.17) is 27.9 Å². The van der Waals surface area contributed by atoms with Gasteiger partial charge < -0.3 is 10.1 Å². The van der Waals surface area contributed by atoms with Crippen LogP contribution in [0.2, 0.25) is 10.0 Å². The van der Waals surface area contributed by atoms with Crippen LogP contribution in [0.5, 0.6) is 0 Å². The summed E-state index contributed by atoms with van der Waals surface area (Å²) < 4.78 is 5.06. The Kier molecular flexibility index (Phi) is 5.95. The maximum Gasteiger partial charge on any atom is 0.340 e. The Hall–Kier alpha value is -2.64. The Balaban J connectivity index is 2.03. The van der Waals surface area contributed by atoms with Gasteiger partial charge in [-0.1, -0.05) is 29.3 Å². The molecular weight excluding hydrogens is 371 g/mol. The van der Waals surface area contributed by atoms with Gasteiger partial charge in [-0.15, -0.1) is 0 Å². The lowest BCUT2D eigenvalue weighted by atomic mass is 10.2. The van der Waals surface area contributed by atoms with E-state index in [0.717, 1.165) is 0 Å². The van der Waals surface area contributed by atoms with Crippen molar-refractivity contribution in [3.63, 3.8) is 0 Å². The summed E-state index contributed by atoms with van der Waals surface area (Å²) in [5, 5.41) is 13.6. The van der Waals surface area contributed by atoms with Crippen LogP contribution in [0.3, 0.4) is 0 Å². The van der Waals surface area contributed by atoms with Crippen LogP contribution in [0, 0.1) is 10.1 Å². The number of amides is 1. The lowest BCUT2D eigenvalue weighted by molar-refractivity contribution is -0.384. The van der Waals surface area contributed by atoms with Crippen LogP contribution in [0.1, 0.15) is 17.3 Å². The quantitative estimate of drug-likeness (QED) is 0.477. The Morgan fingerprint density at radius 2 is 1.92 bits per heavy atom. The highest BCUT2D eigenvalue weighted by molar-refractivity contribution is 6.36. The van der Waals surface area contributed by atoms with E-state index in [1.54, 1.807) is 0 Å². The van der Waals surface area contributed by atoms with Gasteiger partial charge in [0.1, 0.15) is 0 Å². The van der Waals surface area contributed by atoms with E-state index in [1.807, 2.05) is 0 Å². The van der Waals surface area contributed by atoms with E-state index >= 15 is 0 Å². The number of ether oxygens (including phenoxy) is 1. The topological polar surface area (TPSA) is 98.5 Å². The molecule has 0 aliphatic carbocycles. The summed E-state index contributed by atoms with van der Waals surface area (Å²) in [6.07, 6.45) is -1.14. The molecule has 0 radical (unpaired) electrons. The third-order valence-corrected chi connectivity index (χ3v) is 3.68. The van der Waals surface area contributed by atoms with E-state index in [2.05, 4.69) is 5.32 Å². The minimum atomic E-state index is -1.14. The highest BCUT2D eigenvalue weighted by atomic mass is 35.5. The largest absolute Gasteiger partial charge is 0.449 e. The molecule has 1 atom stereocenters. The Morgan fingerprint density at radius 1 is 1.20 bits per heavy atom. The molecule has 0 heterocycles. The molecule has 2 rings (SSSR count). The second kappa shape index (κ2) is 7.96. The zero-order valence-corrected chi connectivity index (χ0v) is 14.4. The standard InChI is InChI=1S/C16H12Cl2N2O5/c1-9(25-16(22)13-6-5-10(17)7-14(13)18)15(21)19-11-3-2-4-12(8-11)20(23)24/h2-9H,1H3,(H,19,21). The second-order valence-corrected chi connectivity index (χ2v) is 5.81. The summed E-state index contributed by atoms with van der Waals surface area (Å²) >= 11 is 11.7. The Labute approximate surface area is 152 Å². The maximum absolute atomic E-state index is 12.1. The van der Waals surface area contributed by atoms with Crippen LogP contribution in [-0.4, -0.2) is 22.9 Å². The van der Waals surface area contributed by atoms with Gasteiger partial charge in [0.25, 0.3) is 11.6 Å². The lowest BCUT2D eigenvalue weighted by Gasteiger charge is -2.14. The molecule has 0 bridgehead atoms. The van der Waals surface area contributed by atoms with Crippen LogP contribution in [-0.2, 0) is 9.53 Å². The zero-order chi connectivity index (χ0) is 18.6. The van der Waals surface area contributed by atoms with E-state index in [0.29, 0.717) is 5.02 Å². The third kappa shape index (κ3) is 4.91. The van der Waals surface area contributed by atoms with Crippen molar-refractivity contribution in [2.75, 3.05) is 5.32 Å². The molecule has 1 N–H and O–H groups in total. The number of nitrogens with zero attached hydrogens (tertiary/aromatic N) is 1. The highest BCUT2D eigenvalue weighted by Gasteiger charge is 2.21. The number of nitrogens with one attached hydrogen (secondary N) is 1. The van der Waals surface area contributed by atoms with Crippen molar-refractivity contribution in [2.24, 2.45) is 0 Å². The predicted octanol–water partition coefficient (Wildman–Crippen LogP) is 4.09. The smallest absolute Gasteiger partial charge is 0.340 e. The Bertz CT molecular complexity index is 841. The second-order valence-electron chi connectivity index (χ2n) is 4.97. The van der Waals surface area contributed by atoms with Gasteiger partial charge in [-0.2, -0.15) is 0 Å². The first-order valence-electron chi connectivity index (χ1n) is 6.99. The molecule has 0 aliphatic heterocycles. The molecule has 130 valence electrons. The van der Waals surface area contributed by atoms with Crippen LogP contribution in [0.15, 0.2) is 42.5 Å². The normalized spacial score (nSPS) is 11.5. The molecule has 9 heteroatoms. The number of benzene rings is 2. The fourth-order valence-corrected chi connectivity index (χ4v) is 2.36. The van der Waals surface area contributed by atoms with Gasteiger partial charge in [0.05, 0.1) is 15.5 Å². The summed E-state index contributed by atoms with van der Waals surface area (Å²) in [5.41, 5.74) is 0.114. The first-order valence-corrected chi connectivity index (χ1v) is 7.75. The number of anilines is 1. The van der Waals surface area contributed by atoms with Gasteiger partial charge in [0.2, 0.25) is 0 Å². The molecule has 0 aliphatic rings. The number of non-ortho nitro benzene ring substituents is 1. The predicted molar refractivity (Wildman–Crippen MR) is 93.1 cm³/mol. The van der Waals surface area contributed by atoms with Crippen LogP contribution in [0.4, 0.5) is 11.4 Å². The Morgan fingerprint density at radius 3 is 2.56 bits per heavy atom. The summed E-state index contributed by atoms with van der Waals surface area (Å²) in [7, 11) is 0. The fourth-order valence-electron chi connectivity index (χ4n) is 1.87. The van der Waals surface area contributed by atoms with Crippen LogP contribution >= 0.6 is 23.2 Å². The van der Waals surface area contributed by atoms with E-state index in [-0.39, 0.29) is 22.0 Å². The van der Waals surface area contributed by atoms with Crippen molar-refractivity contribution < 1.29 is 19.2 Å². The number of hydrogen-bond acceptors (Lipinski definition) is 5. The summed E-state index contributed by atoms with van der Waals surface area (Å²) in [6.45, 7) is 1.37. The van der Waals surface area contributed by atoms with Crippen molar-refractivity contribution >= 4 is 46.5 Å². The molecule has 1 amide bonds. The van der Waals surface area contributed by atoms with Crippen molar-refractivity contribution in [3.8, 4) is 0 Å². The number of nitro benzene ring substituents is 1. The average Bonchev–Trinajstić information content (AvgIpc) is 2.54. The summed E-state index contributed by atoms with van der Waals surface area (Å²) in [4.78, 5) is 34.3. The monoisotopic (exact) mass is 382 g/mol. The number of nitro groups is 1. The van der Waals surface area contributed by atoms with Crippen LogP contribution < -0.4 is 5.32 Å². The van der Waals surface area contributed by atoms with Gasteiger partial charge in [0.15, 0.2) is 6.10 Å². The van der Waals surface area contributed by atoms with Crippen molar-refractivity contribution in [1.82, 2.24) is 0 Å². The van der Waals surface area contributed by atoms with Crippen LogP contribution in [0.25, 0.3) is 0 Å². The van der Waals surface area contributed by atoms with E-state index < -0.39 is 22.9 Å². The molecule has 25 heavy (non-hydrogen) atoms.